The van der Waals surface area contributed by atoms with Crippen LogP contribution < -0.4 is 5.32 Å². The quantitative estimate of drug-likeness (QED) is 0.680. The molecule has 0 spiro atoms. The van der Waals surface area contributed by atoms with E-state index in [1.807, 2.05) is 0 Å². The van der Waals surface area contributed by atoms with Crippen molar-refractivity contribution in [2.24, 2.45) is 5.92 Å². The Balaban J connectivity index is 2.23. The van der Waals surface area contributed by atoms with Gasteiger partial charge >= 0.3 is 12.6 Å². The number of halogens is 2. The molecule has 4 nitrogen and oxygen atoms in total. The summed E-state index contributed by atoms with van der Waals surface area (Å²) in [6.45, 7) is -2.27. The standard InChI is InChI=1S/C8H13F2NO3/c1-13-7(12)6-2-5(3-11-6)4-14-8(9)10/h5-6,8,11H,2-4H2,1H3/t5?,6-/m0/s1. The molecule has 1 unspecified atom stereocenters. The van der Waals surface area contributed by atoms with Crippen LogP contribution >= 0.6 is 0 Å². The summed E-state index contributed by atoms with van der Waals surface area (Å²) in [5.41, 5.74) is 0. The Morgan fingerprint density at radius 3 is 2.93 bits per heavy atom. The third-order valence-electron chi connectivity index (χ3n) is 2.17. The van der Waals surface area contributed by atoms with Crippen LogP contribution in [0.25, 0.3) is 0 Å². The molecule has 0 bridgehead atoms. The van der Waals surface area contributed by atoms with Crippen molar-refractivity contribution in [2.75, 3.05) is 20.3 Å². The number of carbonyl (C=O) groups excluding carboxylic acids is 1. The largest absolute Gasteiger partial charge is 0.468 e. The highest BCUT2D eigenvalue weighted by Crippen LogP contribution is 2.16. The van der Waals surface area contributed by atoms with Gasteiger partial charge in [0.1, 0.15) is 6.04 Å². The number of rotatable bonds is 4. The summed E-state index contributed by atoms with van der Waals surface area (Å²) in [4.78, 5) is 11.0. The molecule has 1 fully saturated rings. The van der Waals surface area contributed by atoms with Gasteiger partial charge in [-0.05, 0) is 12.3 Å². The molecule has 1 aliphatic rings. The maximum atomic E-state index is 11.7. The molecule has 0 aromatic heterocycles. The Kier molecular flexibility index (Phi) is 4.21. The first-order chi connectivity index (χ1) is 6.63. The van der Waals surface area contributed by atoms with Crippen molar-refractivity contribution in [2.45, 2.75) is 19.1 Å². The van der Waals surface area contributed by atoms with Gasteiger partial charge in [0.2, 0.25) is 0 Å². The zero-order valence-corrected chi connectivity index (χ0v) is 7.83. The highest BCUT2D eigenvalue weighted by molar-refractivity contribution is 5.75. The van der Waals surface area contributed by atoms with Gasteiger partial charge in [0.25, 0.3) is 0 Å². The fourth-order valence-corrected chi connectivity index (χ4v) is 1.47. The van der Waals surface area contributed by atoms with Crippen molar-refractivity contribution >= 4 is 5.97 Å². The van der Waals surface area contributed by atoms with E-state index in [0.29, 0.717) is 13.0 Å². The minimum atomic E-state index is -2.74. The van der Waals surface area contributed by atoms with Gasteiger partial charge in [-0.2, -0.15) is 8.78 Å². The number of carbonyl (C=O) groups is 1. The smallest absolute Gasteiger partial charge is 0.345 e. The first-order valence-electron chi connectivity index (χ1n) is 4.34. The van der Waals surface area contributed by atoms with Crippen LogP contribution in [0.1, 0.15) is 6.42 Å². The number of alkyl halides is 2. The lowest BCUT2D eigenvalue weighted by Gasteiger charge is -2.08. The van der Waals surface area contributed by atoms with Crippen LogP contribution in [-0.4, -0.2) is 38.9 Å². The lowest BCUT2D eigenvalue weighted by molar-refractivity contribution is -0.143. The summed E-state index contributed by atoms with van der Waals surface area (Å²) in [5.74, 6) is -0.405. The molecule has 14 heavy (non-hydrogen) atoms. The molecule has 1 heterocycles. The first kappa shape index (κ1) is 11.3. The summed E-state index contributed by atoms with van der Waals surface area (Å²) >= 11 is 0. The molecule has 0 aromatic carbocycles. The number of ether oxygens (including phenoxy) is 2. The van der Waals surface area contributed by atoms with Crippen LogP contribution in [0.5, 0.6) is 0 Å². The van der Waals surface area contributed by atoms with Crippen LogP contribution in [0, 0.1) is 5.92 Å². The highest BCUT2D eigenvalue weighted by Gasteiger charge is 2.30. The number of esters is 1. The topological polar surface area (TPSA) is 47.6 Å². The lowest BCUT2D eigenvalue weighted by Crippen LogP contribution is -2.31. The zero-order valence-electron chi connectivity index (χ0n) is 7.83. The predicted molar refractivity (Wildman–Crippen MR) is 43.9 cm³/mol. The zero-order chi connectivity index (χ0) is 10.6. The molecule has 82 valence electrons. The van der Waals surface area contributed by atoms with Gasteiger partial charge in [0, 0.05) is 6.54 Å². The van der Waals surface area contributed by atoms with Gasteiger partial charge in [0.15, 0.2) is 0 Å². The minimum absolute atomic E-state index is 0.0296. The SMILES string of the molecule is COC(=O)[C@@H]1CC(COC(F)F)CN1. The average Bonchev–Trinajstić information content (AvgIpc) is 2.62. The molecule has 6 heteroatoms. The number of hydrogen-bond acceptors (Lipinski definition) is 4. The highest BCUT2D eigenvalue weighted by atomic mass is 19.3. The average molecular weight is 209 g/mol. The fourth-order valence-electron chi connectivity index (χ4n) is 1.47. The fraction of sp³-hybridized carbons (Fsp3) is 0.875. The molecule has 0 saturated carbocycles. The molecule has 0 aromatic rings. The van der Waals surface area contributed by atoms with Crippen LogP contribution in [0.15, 0.2) is 0 Å². The monoisotopic (exact) mass is 209 g/mol. The van der Waals surface area contributed by atoms with Crippen LogP contribution in [0.2, 0.25) is 0 Å². The van der Waals surface area contributed by atoms with Gasteiger partial charge in [0.05, 0.1) is 13.7 Å². The summed E-state index contributed by atoms with van der Waals surface area (Å²) in [6, 6.07) is -0.383. The maximum absolute atomic E-state index is 11.7. The Bertz CT molecular complexity index is 201. The van der Waals surface area contributed by atoms with Crippen molar-refractivity contribution in [3.63, 3.8) is 0 Å². The Morgan fingerprint density at radius 2 is 2.36 bits per heavy atom. The van der Waals surface area contributed by atoms with Gasteiger partial charge < -0.3 is 14.8 Å². The van der Waals surface area contributed by atoms with E-state index in [-0.39, 0.29) is 24.5 Å². The van der Waals surface area contributed by atoms with Crippen molar-refractivity contribution < 1.29 is 23.0 Å². The maximum Gasteiger partial charge on any atom is 0.345 e. The van der Waals surface area contributed by atoms with E-state index in [2.05, 4.69) is 14.8 Å². The van der Waals surface area contributed by atoms with E-state index in [4.69, 9.17) is 0 Å². The molecular formula is C8H13F2NO3. The molecule has 2 atom stereocenters. The van der Waals surface area contributed by atoms with Crippen LogP contribution in [0.4, 0.5) is 8.78 Å². The molecule has 1 rings (SSSR count). The van der Waals surface area contributed by atoms with E-state index in [1.54, 1.807) is 0 Å². The predicted octanol–water partition coefficient (Wildman–Crippen LogP) is 0.377. The third kappa shape index (κ3) is 3.19. The van der Waals surface area contributed by atoms with E-state index in [9.17, 15) is 13.6 Å². The molecule has 0 amide bonds. The van der Waals surface area contributed by atoms with E-state index >= 15 is 0 Å². The second-order valence-electron chi connectivity index (χ2n) is 3.18. The van der Waals surface area contributed by atoms with Crippen molar-refractivity contribution in [1.29, 1.82) is 0 Å². The van der Waals surface area contributed by atoms with E-state index < -0.39 is 6.61 Å². The lowest BCUT2D eigenvalue weighted by atomic mass is 10.1. The van der Waals surface area contributed by atoms with Gasteiger partial charge in [-0.1, -0.05) is 0 Å². The van der Waals surface area contributed by atoms with Crippen LogP contribution in [0.3, 0.4) is 0 Å². The van der Waals surface area contributed by atoms with Crippen molar-refractivity contribution in [3.8, 4) is 0 Å². The van der Waals surface area contributed by atoms with Gasteiger partial charge in [-0.3, -0.25) is 4.79 Å². The number of hydrogen-bond donors (Lipinski definition) is 1. The molecule has 1 N–H and O–H groups in total. The Morgan fingerprint density at radius 1 is 1.64 bits per heavy atom. The summed E-state index contributed by atoms with van der Waals surface area (Å²) < 4.78 is 32.0. The molecule has 0 radical (unpaired) electrons. The second-order valence-corrected chi connectivity index (χ2v) is 3.18. The second kappa shape index (κ2) is 5.21. The molecule has 0 aliphatic carbocycles. The van der Waals surface area contributed by atoms with E-state index in [1.165, 1.54) is 7.11 Å². The molecule has 1 aliphatic heterocycles. The minimum Gasteiger partial charge on any atom is -0.468 e. The van der Waals surface area contributed by atoms with Gasteiger partial charge in [-0.25, -0.2) is 0 Å². The normalized spacial score (nSPS) is 26.9. The van der Waals surface area contributed by atoms with E-state index in [0.717, 1.165) is 0 Å². The molecule has 1 saturated heterocycles. The number of nitrogens with one attached hydrogen (secondary N) is 1. The summed E-state index contributed by atoms with van der Waals surface area (Å²) in [5, 5.41) is 2.88. The number of methoxy groups -OCH3 is 1. The first-order valence-corrected chi connectivity index (χ1v) is 4.34. The summed E-state index contributed by atoms with van der Waals surface area (Å²) in [7, 11) is 1.30. The van der Waals surface area contributed by atoms with Crippen molar-refractivity contribution in [3.05, 3.63) is 0 Å². The van der Waals surface area contributed by atoms with Crippen LogP contribution in [-0.2, 0) is 14.3 Å². The van der Waals surface area contributed by atoms with Crippen molar-refractivity contribution in [1.82, 2.24) is 5.32 Å². The summed E-state index contributed by atoms with van der Waals surface area (Å²) in [6.07, 6.45) is 0.486. The third-order valence-corrected chi connectivity index (χ3v) is 2.17. The molecular weight excluding hydrogens is 196 g/mol. The van der Waals surface area contributed by atoms with Gasteiger partial charge in [-0.15, -0.1) is 0 Å². The Labute approximate surface area is 80.6 Å². The Hall–Kier alpha value is -0.750.